The van der Waals surface area contributed by atoms with E-state index in [1.807, 2.05) is 6.92 Å². The van der Waals surface area contributed by atoms with Crippen LogP contribution in [0.4, 0.5) is 11.4 Å². The lowest BCUT2D eigenvalue weighted by molar-refractivity contribution is 0.102. The van der Waals surface area contributed by atoms with Gasteiger partial charge in [-0.1, -0.05) is 11.6 Å². The molecule has 1 aromatic heterocycles. The van der Waals surface area contributed by atoms with Crippen LogP contribution in [0.5, 0.6) is 5.88 Å². The van der Waals surface area contributed by atoms with Gasteiger partial charge >= 0.3 is 0 Å². The number of nitrogens with zero attached hydrogens (tertiary/aromatic N) is 1. The Morgan fingerprint density at radius 2 is 2.20 bits per heavy atom. The molecule has 0 saturated carbocycles. The van der Waals surface area contributed by atoms with Gasteiger partial charge in [-0.25, -0.2) is 4.98 Å². The Kier molecular flexibility index (Phi) is 4.42. The maximum absolute atomic E-state index is 12.0. The minimum absolute atomic E-state index is 0.301. The first-order valence-corrected chi connectivity index (χ1v) is 6.42. The maximum Gasteiger partial charge on any atom is 0.255 e. The highest BCUT2D eigenvalue weighted by Gasteiger charge is 2.08. The molecule has 104 valence electrons. The predicted octanol–water partition coefficient (Wildman–Crippen LogP) is 2.97. The third-order valence-electron chi connectivity index (χ3n) is 2.47. The average molecular weight is 292 g/mol. The number of carbonyl (C=O) groups is 1. The number of rotatable bonds is 4. The first kappa shape index (κ1) is 14.1. The quantitative estimate of drug-likeness (QED) is 0.849. The number of amides is 1. The lowest BCUT2D eigenvalue weighted by atomic mass is 10.2. The van der Waals surface area contributed by atoms with Crippen LogP contribution in [0.3, 0.4) is 0 Å². The van der Waals surface area contributed by atoms with Gasteiger partial charge < -0.3 is 15.8 Å². The van der Waals surface area contributed by atoms with Crippen LogP contribution in [0.1, 0.15) is 17.3 Å². The van der Waals surface area contributed by atoms with Crippen LogP contribution in [0.2, 0.25) is 5.02 Å². The van der Waals surface area contributed by atoms with Crippen LogP contribution in [-0.4, -0.2) is 17.5 Å². The van der Waals surface area contributed by atoms with Gasteiger partial charge in [-0.05, 0) is 31.2 Å². The van der Waals surface area contributed by atoms with Crippen molar-refractivity contribution in [2.24, 2.45) is 0 Å². The van der Waals surface area contributed by atoms with Crippen LogP contribution < -0.4 is 15.8 Å². The predicted molar refractivity (Wildman–Crippen MR) is 79.2 cm³/mol. The Morgan fingerprint density at radius 3 is 2.80 bits per heavy atom. The van der Waals surface area contributed by atoms with Gasteiger partial charge in [0.1, 0.15) is 0 Å². The molecule has 1 amide bonds. The number of nitrogen functional groups attached to an aromatic ring is 1. The van der Waals surface area contributed by atoms with Gasteiger partial charge in [0.25, 0.3) is 5.91 Å². The van der Waals surface area contributed by atoms with Crippen molar-refractivity contribution in [3.8, 4) is 5.88 Å². The van der Waals surface area contributed by atoms with Crippen molar-refractivity contribution in [3.63, 3.8) is 0 Å². The highest BCUT2D eigenvalue weighted by Crippen LogP contribution is 2.18. The molecule has 2 rings (SSSR count). The minimum Gasteiger partial charge on any atom is -0.478 e. The number of aromatic nitrogens is 1. The first-order chi connectivity index (χ1) is 9.58. The summed E-state index contributed by atoms with van der Waals surface area (Å²) in [5, 5.41) is 3.13. The minimum atomic E-state index is -0.301. The molecule has 0 atom stereocenters. The summed E-state index contributed by atoms with van der Waals surface area (Å²) >= 11 is 5.86. The molecular formula is C14H14ClN3O2. The van der Waals surface area contributed by atoms with E-state index >= 15 is 0 Å². The zero-order chi connectivity index (χ0) is 14.5. The van der Waals surface area contributed by atoms with Crippen molar-refractivity contribution in [1.29, 1.82) is 0 Å². The van der Waals surface area contributed by atoms with Crippen LogP contribution in [0.25, 0.3) is 0 Å². The Labute approximate surface area is 121 Å². The smallest absolute Gasteiger partial charge is 0.255 e. The molecule has 0 bridgehead atoms. The summed E-state index contributed by atoms with van der Waals surface area (Å²) in [6.45, 7) is 2.42. The van der Waals surface area contributed by atoms with Crippen LogP contribution in [0, 0.1) is 0 Å². The zero-order valence-corrected chi connectivity index (χ0v) is 11.6. The standard InChI is InChI=1S/C14H14ClN3O2/c1-2-20-13-4-3-12(8-17-13)18-14(19)9-5-10(15)7-11(16)6-9/h3-8H,2,16H2,1H3,(H,18,19). The van der Waals surface area contributed by atoms with E-state index in [1.54, 1.807) is 30.3 Å². The normalized spacial score (nSPS) is 10.1. The number of pyridine rings is 1. The van der Waals surface area contributed by atoms with Crippen molar-refractivity contribution in [2.45, 2.75) is 6.92 Å². The lowest BCUT2D eigenvalue weighted by Crippen LogP contribution is -2.12. The first-order valence-electron chi connectivity index (χ1n) is 6.04. The molecule has 5 nitrogen and oxygen atoms in total. The summed E-state index contributed by atoms with van der Waals surface area (Å²) < 4.78 is 5.22. The number of nitrogens with two attached hydrogens (primary N) is 1. The number of halogens is 1. The van der Waals surface area contributed by atoms with E-state index in [2.05, 4.69) is 10.3 Å². The summed E-state index contributed by atoms with van der Waals surface area (Å²) in [6, 6.07) is 8.09. The second-order valence-corrected chi connectivity index (χ2v) is 4.48. The number of anilines is 2. The Balaban J connectivity index is 2.10. The second-order valence-electron chi connectivity index (χ2n) is 4.05. The van der Waals surface area contributed by atoms with Crippen molar-refractivity contribution >= 4 is 28.9 Å². The fourth-order valence-corrected chi connectivity index (χ4v) is 1.88. The molecule has 0 saturated heterocycles. The van der Waals surface area contributed by atoms with Gasteiger partial charge in [0.2, 0.25) is 5.88 Å². The molecule has 1 heterocycles. The average Bonchev–Trinajstić information content (AvgIpc) is 2.40. The molecule has 0 aliphatic carbocycles. The van der Waals surface area contributed by atoms with Gasteiger partial charge in [0.15, 0.2) is 0 Å². The van der Waals surface area contributed by atoms with Gasteiger partial charge in [-0.2, -0.15) is 0 Å². The lowest BCUT2D eigenvalue weighted by Gasteiger charge is -2.07. The van der Waals surface area contributed by atoms with Gasteiger partial charge in [-0.3, -0.25) is 4.79 Å². The molecule has 3 N–H and O–H groups in total. The summed E-state index contributed by atoms with van der Waals surface area (Å²) in [5.74, 6) is 0.211. The van der Waals surface area contributed by atoms with E-state index in [1.165, 1.54) is 6.20 Å². The van der Waals surface area contributed by atoms with E-state index in [9.17, 15) is 4.79 Å². The van der Waals surface area contributed by atoms with E-state index < -0.39 is 0 Å². The Bertz CT molecular complexity index is 594. The van der Waals surface area contributed by atoms with Gasteiger partial charge in [0, 0.05) is 22.3 Å². The van der Waals surface area contributed by atoms with Gasteiger partial charge in [-0.15, -0.1) is 0 Å². The Morgan fingerprint density at radius 1 is 1.40 bits per heavy atom. The largest absolute Gasteiger partial charge is 0.478 e. The van der Waals surface area contributed by atoms with Crippen molar-refractivity contribution < 1.29 is 9.53 Å². The monoisotopic (exact) mass is 291 g/mol. The van der Waals surface area contributed by atoms with Crippen molar-refractivity contribution in [1.82, 2.24) is 4.98 Å². The molecule has 0 aliphatic heterocycles. The molecule has 0 radical (unpaired) electrons. The molecule has 0 unspecified atom stereocenters. The molecule has 1 aromatic carbocycles. The number of hydrogen-bond acceptors (Lipinski definition) is 4. The summed E-state index contributed by atoms with van der Waals surface area (Å²) in [5.41, 5.74) is 7.05. The van der Waals surface area contributed by atoms with E-state index in [4.69, 9.17) is 22.1 Å². The number of benzene rings is 1. The molecule has 0 fully saturated rings. The van der Waals surface area contributed by atoms with Gasteiger partial charge in [0.05, 0.1) is 18.5 Å². The van der Waals surface area contributed by atoms with Crippen LogP contribution in [-0.2, 0) is 0 Å². The summed E-state index contributed by atoms with van der Waals surface area (Å²) in [4.78, 5) is 16.1. The fraction of sp³-hybridized carbons (Fsp3) is 0.143. The zero-order valence-electron chi connectivity index (χ0n) is 10.9. The van der Waals surface area contributed by atoms with Crippen molar-refractivity contribution in [3.05, 3.63) is 47.1 Å². The molecule has 0 spiro atoms. The van der Waals surface area contributed by atoms with E-state index in [0.717, 1.165) is 0 Å². The van der Waals surface area contributed by atoms with Crippen LogP contribution in [0.15, 0.2) is 36.5 Å². The molecule has 2 aromatic rings. The fourth-order valence-electron chi connectivity index (χ4n) is 1.63. The number of nitrogens with one attached hydrogen (secondary N) is 1. The molecule has 20 heavy (non-hydrogen) atoms. The van der Waals surface area contributed by atoms with E-state index in [-0.39, 0.29) is 5.91 Å². The molecule has 6 heteroatoms. The topological polar surface area (TPSA) is 77.2 Å². The number of hydrogen-bond donors (Lipinski definition) is 2. The SMILES string of the molecule is CCOc1ccc(NC(=O)c2cc(N)cc(Cl)c2)cn1. The highest BCUT2D eigenvalue weighted by atomic mass is 35.5. The highest BCUT2D eigenvalue weighted by molar-refractivity contribution is 6.31. The molecular weight excluding hydrogens is 278 g/mol. The van der Waals surface area contributed by atoms with Crippen LogP contribution >= 0.6 is 11.6 Å². The summed E-state index contributed by atoms with van der Waals surface area (Å²) in [6.07, 6.45) is 1.52. The second kappa shape index (κ2) is 6.25. The third kappa shape index (κ3) is 3.61. The van der Waals surface area contributed by atoms with E-state index in [0.29, 0.717) is 34.4 Å². The summed E-state index contributed by atoms with van der Waals surface area (Å²) in [7, 11) is 0. The third-order valence-corrected chi connectivity index (χ3v) is 2.69. The van der Waals surface area contributed by atoms with Crippen molar-refractivity contribution in [2.75, 3.05) is 17.7 Å². The molecule has 0 aliphatic rings. The Hall–Kier alpha value is -2.27. The number of ether oxygens (including phenoxy) is 1. The maximum atomic E-state index is 12.0. The number of carbonyl (C=O) groups excluding carboxylic acids is 1.